The number of nitrogens with zero attached hydrogens (tertiary/aromatic N) is 3. The first kappa shape index (κ1) is 24.1. The van der Waals surface area contributed by atoms with Crippen molar-refractivity contribution in [2.24, 2.45) is 0 Å². The Kier molecular flexibility index (Phi) is 8.26. The summed E-state index contributed by atoms with van der Waals surface area (Å²) in [6.45, 7) is 2.34. The topological polar surface area (TPSA) is 65.5 Å². The second-order valence-corrected chi connectivity index (χ2v) is 8.05. The molecule has 0 unspecified atom stereocenters. The van der Waals surface area contributed by atoms with E-state index in [2.05, 4.69) is 10.3 Å². The van der Waals surface area contributed by atoms with E-state index < -0.39 is 5.82 Å². The van der Waals surface area contributed by atoms with E-state index in [0.29, 0.717) is 36.0 Å². The molecule has 6 nitrogen and oxygen atoms in total. The van der Waals surface area contributed by atoms with Crippen LogP contribution in [-0.4, -0.2) is 36.9 Å². The normalized spacial score (nSPS) is 10.9. The minimum Gasteiger partial charge on any atom is -0.372 e. The molecule has 0 spiro atoms. The number of rotatable bonds is 9. The molecule has 0 aliphatic heterocycles. The summed E-state index contributed by atoms with van der Waals surface area (Å²) in [7, 11) is 1.80. The number of para-hydroxylation sites is 2. The monoisotopic (exact) mass is 470 g/mol. The summed E-state index contributed by atoms with van der Waals surface area (Å²) in [4.78, 5) is 31.5. The number of hydrogen-bond donors (Lipinski definition) is 1. The standard InChI is InChI=1S/C24H24F2N4O2S/c1-17(31)30(22-11-6-4-9-20(22)26)24-28-18(16-33-24)12-13-23(32)27-14-7-15-29(2)21-10-5-3-8-19(21)25/h3-6,8-13,16H,7,14-15H2,1-2H3,(H,27,32). The molecule has 0 saturated heterocycles. The van der Waals surface area contributed by atoms with Gasteiger partial charge in [0.2, 0.25) is 11.8 Å². The molecular formula is C24H24F2N4O2S. The van der Waals surface area contributed by atoms with E-state index >= 15 is 0 Å². The van der Waals surface area contributed by atoms with Gasteiger partial charge in [-0.25, -0.2) is 13.8 Å². The molecule has 3 rings (SSSR count). The molecule has 33 heavy (non-hydrogen) atoms. The lowest BCUT2D eigenvalue weighted by atomic mass is 10.2. The van der Waals surface area contributed by atoms with Crippen LogP contribution in [0.4, 0.5) is 25.3 Å². The molecule has 172 valence electrons. The average Bonchev–Trinajstić information content (AvgIpc) is 3.25. The summed E-state index contributed by atoms with van der Waals surface area (Å²) < 4.78 is 27.9. The summed E-state index contributed by atoms with van der Waals surface area (Å²) in [5.41, 5.74) is 1.11. The maximum absolute atomic E-state index is 14.2. The highest BCUT2D eigenvalue weighted by Gasteiger charge is 2.20. The summed E-state index contributed by atoms with van der Waals surface area (Å²) in [5, 5.41) is 4.76. The number of halogens is 2. The second-order valence-electron chi connectivity index (χ2n) is 7.21. The molecular weight excluding hydrogens is 446 g/mol. The minimum absolute atomic E-state index is 0.118. The van der Waals surface area contributed by atoms with Crippen LogP contribution in [0, 0.1) is 11.6 Å². The Labute approximate surface area is 195 Å². The molecule has 3 aromatic rings. The highest BCUT2D eigenvalue weighted by Crippen LogP contribution is 2.30. The molecule has 1 N–H and O–H groups in total. The van der Waals surface area contributed by atoms with Gasteiger partial charge < -0.3 is 10.2 Å². The van der Waals surface area contributed by atoms with Crippen molar-refractivity contribution in [1.82, 2.24) is 10.3 Å². The Morgan fingerprint density at radius 3 is 2.33 bits per heavy atom. The summed E-state index contributed by atoms with van der Waals surface area (Å²) >= 11 is 1.17. The average molecular weight is 471 g/mol. The Morgan fingerprint density at radius 1 is 1.06 bits per heavy atom. The van der Waals surface area contributed by atoms with Crippen molar-refractivity contribution in [1.29, 1.82) is 0 Å². The lowest BCUT2D eigenvalue weighted by Crippen LogP contribution is -2.27. The maximum atomic E-state index is 14.2. The number of hydrogen-bond acceptors (Lipinski definition) is 5. The van der Waals surface area contributed by atoms with Gasteiger partial charge >= 0.3 is 0 Å². The van der Waals surface area contributed by atoms with Crippen molar-refractivity contribution in [3.63, 3.8) is 0 Å². The van der Waals surface area contributed by atoms with Crippen molar-refractivity contribution in [3.05, 3.63) is 77.3 Å². The van der Waals surface area contributed by atoms with Gasteiger partial charge in [0, 0.05) is 38.5 Å². The van der Waals surface area contributed by atoms with Crippen molar-refractivity contribution in [2.45, 2.75) is 13.3 Å². The van der Waals surface area contributed by atoms with Crippen molar-refractivity contribution < 1.29 is 18.4 Å². The number of anilines is 3. The van der Waals surface area contributed by atoms with Crippen LogP contribution >= 0.6 is 11.3 Å². The Hall–Kier alpha value is -3.59. The largest absolute Gasteiger partial charge is 0.372 e. The molecule has 0 aliphatic carbocycles. The van der Waals surface area contributed by atoms with Gasteiger partial charge in [-0.15, -0.1) is 11.3 Å². The Bertz CT molecular complexity index is 1150. The predicted molar refractivity (Wildman–Crippen MR) is 128 cm³/mol. The van der Waals surface area contributed by atoms with E-state index in [-0.39, 0.29) is 23.3 Å². The fourth-order valence-electron chi connectivity index (χ4n) is 3.13. The quantitative estimate of drug-likeness (QED) is 0.362. The summed E-state index contributed by atoms with van der Waals surface area (Å²) in [6.07, 6.45) is 3.52. The van der Waals surface area contributed by atoms with Crippen molar-refractivity contribution >= 4 is 45.7 Å². The first-order valence-corrected chi connectivity index (χ1v) is 11.2. The zero-order valence-corrected chi connectivity index (χ0v) is 19.1. The van der Waals surface area contributed by atoms with Crippen LogP contribution in [-0.2, 0) is 9.59 Å². The molecule has 2 aromatic carbocycles. The first-order chi connectivity index (χ1) is 15.9. The maximum Gasteiger partial charge on any atom is 0.244 e. The van der Waals surface area contributed by atoms with E-state index in [0.717, 1.165) is 0 Å². The molecule has 0 radical (unpaired) electrons. The third-order valence-corrected chi connectivity index (χ3v) is 5.59. The van der Waals surface area contributed by atoms with Crippen LogP contribution < -0.4 is 15.1 Å². The fourth-order valence-corrected chi connectivity index (χ4v) is 3.97. The van der Waals surface area contributed by atoms with Gasteiger partial charge in [0.25, 0.3) is 0 Å². The van der Waals surface area contributed by atoms with E-state index in [1.54, 1.807) is 47.7 Å². The van der Waals surface area contributed by atoms with Crippen LogP contribution in [0.1, 0.15) is 19.0 Å². The third kappa shape index (κ3) is 6.45. The number of amides is 2. The zero-order chi connectivity index (χ0) is 23.8. The minimum atomic E-state index is -0.528. The molecule has 1 heterocycles. The predicted octanol–water partition coefficient (Wildman–Crippen LogP) is 4.76. The molecule has 2 amide bonds. The van der Waals surface area contributed by atoms with Crippen molar-refractivity contribution in [2.75, 3.05) is 29.9 Å². The first-order valence-electron chi connectivity index (χ1n) is 10.3. The van der Waals surface area contributed by atoms with E-state index in [9.17, 15) is 18.4 Å². The number of benzene rings is 2. The van der Waals surface area contributed by atoms with Crippen LogP contribution in [0.25, 0.3) is 6.08 Å². The van der Waals surface area contributed by atoms with Crippen LogP contribution in [0.3, 0.4) is 0 Å². The van der Waals surface area contributed by atoms with Gasteiger partial charge in [0.15, 0.2) is 5.13 Å². The van der Waals surface area contributed by atoms with E-state index in [4.69, 9.17) is 0 Å². The van der Waals surface area contributed by atoms with Crippen LogP contribution in [0.15, 0.2) is 60.0 Å². The van der Waals surface area contributed by atoms with Gasteiger partial charge in [-0.05, 0) is 36.8 Å². The third-order valence-electron chi connectivity index (χ3n) is 4.75. The zero-order valence-electron chi connectivity index (χ0n) is 18.3. The van der Waals surface area contributed by atoms with Crippen LogP contribution in [0.2, 0.25) is 0 Å². The Balaban J connectivity index is 1.52. The van der Waals surface area contributed by atoms with Gasteiger partial charge in [0.05, 0.1) is 17.1 Å². The van der Waals surface area contributed by atoms with E-state index in [1.165, 1.54) is 53.5 Å². The van der Waals surface area contributed by atoms with Crippen molar-refractivity contribution in [3.8, 4) is 0 Å². The van der Waals surface area contributed by atoms with Gasteiger partial charge in [-0.1, -0.05) is 24.3 Å². The van der Waals surface area contributed by atoms with Gasteiger partial charge in [-0.3, -0.25) is 14.5 Å². The molecule has 0 aliphatic rings. The molecule has 0 saturated carbocycles. The Morgan fingerprint density at radius 2 is 1.70 bits per heavy atom. The fraction of sp³-hybridized carbons (Fsp3) is 0.208. The molecule has 0 atom stereocenters. The summed E-state index contributed by atoms with van der Waals surface area (Å²) in [5.74, 6) is -1.48. The highest BCUT2D eigenvalue weighted by atomic mass is 32.1. The molecule has 9 heteroatoms. The number of thiazole rings is 1. The lowest BCUT2D eigenvalue weighted by molar-refractivity contribution is -0.117. The highest BCUT2D eigenvalue weighted by molar-refractivity contribution is 7.14. The number of carbonyl (C=O) groups is 2. The molecule has 0 fully saturated rings. The summed E-state index contributed by atoms with van der Waals surface area (Å²) in [6, 6.07) is 12.5. The number of carbonyl (C=O) groups excluding carboxylic acids is 2. The van der Waals surface area contributed by atoms with Crippen LogP contribution in [0.5, 0.6) is 0 Å². The van der Waals surface area contributed by atoms with Gasteiger partial charge in [0.1, 0.15) is 11.6 Å². The number of aromatic nitrogens is 1. The smallest absolute Gasteiger partial charge is 0.244 e. The molecule has 0 bridgehead atoms. The van der Waals surface area contributed by atoms with Gasteiger partial charge in [-0.2, -0.15) is 0 Å². The lowest BCUT2D eigenvalue weighted by Gasteiger charge is -2.19. The molecule has 1 aromatic heterocycles. The number of nitrogens with one attached hydrogen (secondary N) is 1. The second kappa shape index (κ2) is 11.3. The SMILES string of the molecule is CC(=O)N(c1nc(C=CC(=O)NCCCN(C)c2ccccc2F)cs1)c1ccccc1F. The van der Waals surface area contributed by atoms with E-state index in [1.807, 2.05) is 0 Å².